The topological polar surface area (TPSA) is 76.3 Å². The third-order valence-corrected chi connectivity index (χ3v) is 3.54. The number of nitrogens with two attached hydrogens (primary N) is 1. The average molecular weight is 285 g/mol. The van der Waals surface area contributed by atoms with Gasteiger partial charge in [-0.2, -0.15) is 0 Å². The Morgan fingerprint density at radius 1 is 1.19 bits per heavy atom. The number of nitrogen functional groups attached to an aromatic ring is 1. The van der Waals surface area contributed by atoms with Crippen LogP contribution < -0.4 is 5.73 Å². The van der Waals surface area contributed by atoms with E-state index in [0.29, 0.717) is 5.69 Å². The van der Waals surface area contributed by atoms with Crippen molar-refractivity contribution in [1.82, 2.24) is 9.88 Å². The van der Waals surface area contributed by atoms with Gasteiger partial charge < -0.3 is 5.73 Å². The monoisotopic (exact) mass is 285 g/mol. The number of fused-ring (bicyclic) bond motifs is 1. The number of imide groups is 1. The Morgan fingerprint density at radius 2 is 1.95 bits per heavy atom. The Labute approximate surface area is 120 Å². The van der Waals surface area contributed by atoms with Crippen LogP contribution in [0.4, 0.5) is 10.1 Å². The van der Waals surface area contributed by atoms with E-state index in [1.54, 1.807) is 25.1 Å². The van der Waals surface area contributed by atoms with Gasteiger partial charge in [0, 0.05) is 5.69 Å². The summed E-state index contributed by atoms with van der Waals surface area (Å²) in [6.07, 6.45) is 1.05. The number of carbonyl (C=O) groups excluding carboxylic acids is 2. The summed E-state index contributed by atoms with van der Waals surface area (Å²) in [5.74, 6) is -1.34. The SMILES string of the molecule is CC(c1ccc(F)cn1)N1C(=O)c2cccc(N)c2C1=O. The van der Waals surface area contributed by atoms with E-state index >= 15 is 0 Å². The molecule has 1 aliphatic rings. The molecule has 2 heterocycles. The Hall–Kier alpha value is -2.76. The molecular formula is C15H12FN3O2. The van der Waals surface area contributed by atoms with Crippen LogP contribution in [0.25, 0.3) is 0 Å². The van der Waals surface area contributed by atoms with Crippen molar-refractivity contribution in [3.05, 3.63) is 59.2 Å². The zero-order valence-corrected chi connectivity index (χ0v) is 11.2. The molecule has 1 aliphatic heterocycles. The van der Waals surface area contributed by atoms with Crippen LogP contribution in [0.2, 0.25) is 0 Å². The number of hydrogen-bond acceptors (Lipinski definition) is 4. The molecule has 21 heavy (non-hydrogen) atoms. The van der Waals surface area contributed by atoms with Gasteiger partial charge in [0.05, 0.1) is 29.1 Å². The first-order chi connectivity index (χ1) is 10.0. The summed E-state index contributed by atoms with van der Waals surface area (Å²) in [6.45, 7) is 1.66. The Kier molecular flexibility index (Phi) is 2.94. The molecule has 0 aliphatic carbocycles. The molecule has 2 amide bonds. The largest absolute Gasteiger partial charge is 0.398 e. The maximum absolute atomic E-state index is 12.9. The van der Waals surface area contributed by atoms with Gasteiger partial charge in [-0.05, 0) is 31.2 Å². The summed E-state index contributed by atoms with van der Waals surface area (Å²) in [6, 6.07) is 6.87. The van der Waals surface area contributed by atoms with E-state index < -0.39 is 23.7 Å². The molecule has 2 N–H and O–H groups in total. The van der Waals surface area contributed by atoms with Gasteiger partial charge in [-0.1, -0.05) is 6.07 Å². The lowest BCUT2D eigenvalue weighted by Crippen LogP contribution is -2.33. The maximum Gasteiger partial charge on any atom is 0.264 e. The quantitative estimate of drug-likeness (QED) is 0.677. The van der Waals surface area contributed by atoms with E-state index in [1.165, 1.54) is 12.1 Å². The second kappa shape index (κ2) is 4.66. The van der Waals surface area contributed by atoms with Crippen LogP contribution in [0.3, 0.4) is 0 Å². The van der Waals surface area contributed by atoms with Crippen LogP contribution in [0.1, 0.15) is 39.4 Å². The van der Waals surface area contributed by atoms with E-state index in [1.807, 2.05) is 0 Å². The van der Waals surface area contributed by atoms with E-state index in [0.717, 1.165) is 11.1 Å². The van der Waals surface area contributed by atoms with Crippen molar-refractivity contribution >= 4 is 17.5 Å². The van der Waals surface area contributed by atoms with Crippen LogP contribution in [0, 0.1) is 5.82 Å². The molecule has 106 valence electrons. The molecule has 0 spiro atoms. The highest BCUT2D eigenvalue weighted by Crippen LogP contribution is 2.33. The number of halogens is 1. The Morgan fingerprint density at radius 3 is 2.57 bits per heavy atom. The lowest BCUT2D eigenvalue weighted by Gasteiger charge is -2.21. The number of carbonyl (C=O) groups is 2. The molecule has 2 aromatic rings. The van der Waals surface area contributed by atoms with Gasteiger partial charge >= 0.3 is 0 Å². The number of anilines is 1. The number of hydrogen-bond donors (Lipinski definition) is 1. The normalized spacial score (nSPS) is 15.2. The fourth-order valence-electron chi connectivity index (χ4n) is 2.45. The molecule has 0 saturated heterocycles. The third-order valence-electron chi connectivity index (χ3n) is 3.54. The van der Waals surface area contributed by atoms with Crippen molar-refractivity contribution in [2.45, 2.75) is 13.0 Å². The molecule has 1 aromatic carbocycles. The Bertz CT molecular complexity index is 743. The van der Waals surface area contributed by atoms with Gasteiger partial charge in [-0.15, -0.1) is 0 Å². The smallest absolute Gasteiger partial charge is 0.264 e. The number of pyridine rings is 1. The second-order valence-corrected chi connectivity index (χ2v) is 4.83. The van der Waals surface area contributed by atoms with Crippen molar-refractivity contribution in [2.24, 2.45) is 0 Å². The third kappa shape index (κ3) is 1.96. The van der Waals surface area contributed by atoms with Gasteiger partial charge in [0.1, 0.15) is 5.82 Å². The highest BCUT2D eigenvalue weighted by atomic mass is 19.1. The minimum atomic E-state index is -0.600. The molecule has 1 atom stereocenters. The van der Waals surface area contributed by atoms with E-state index in [2.05, 4.69) is 4.98 Å². The first-order valence-electron chi connectivity index (χ1n) is 6.38. The van der Waals surface area contributed by atoms with E-state index in [4.69, 9.17) is 5.73 Å². The molecule has 5 nitrogen and oxygen atoms in total. The van der Waals surface area contributed by atoms with Gasteiger partial charge in [-0.25, -0.2) is 4.39 Å². The lowest BCUT2D eigenvalue weighted by atomic mass is 10.1. The minimum absolute atomic E-state index is 0.219. The summed E-state index contributed by atoms with van der Waals surface area (Å²) >= 11 is 0. The minimum Gasteiger partial charge on any atom is -0.398 e. The van der Waals surface area contributed by atoms with Crippen molar-refractivity contribution in [3.63, 3.8) is 0 Å². The van der Waals surface area contributed by atoms with Crippen molar-refractivity contribution in [1.29, 1.82) is 0 Å². The van der Waals surface area contributed by atoms with Crippen molar-refractivity contribution in [2.75, 3.05) is 5.73 Å². The first-order valence-corrected chi connectivity index (χ1v) is 6.38. The summed E-state index contributed by atoms with van der Waals surface area (Å²) < 4.78 is 12.9. The lowest BCUT2D eigenvalue weighted by molar-refractivity contribution is 0.0592. The van der Waals surface area contributed by atoms with Crippen LogP contribution in [0.15, 0.2) is 36.5 Å². The zero-order valence-electron chi connectivity index (χ0n) is 11.2. The van der Waals surface area contributed by atoms with Crippen molar-refractivity contribution < 1.29 is 14.0 Å². The summed E-state index contributed by atoms with van der Waals surface area (Å²) in [7, 11) is 0. The molecule has 1 aromatic heterocycles. The van der Waals surface area contributed by atoms with E-state index in [-0.39, 0.29) is 16.8 Å². The average Bonchev–Trinajstić information content (AvgIpc) is 2.72. The second-order valence-electron chi connectivity index (χ2n) is 4.83. The molecule has 1 unspecified atom stereocenters. The standard InChI is InChI=1S/C15H12FN3O2/c1-8(12-6-5-9(16)7-18-12)19-14(20)10-3-2-4-11(17)13(10)15(19)21/h2-8H,17H2,1H3. The van der Waals surface area contributed by atoms with Crippen molar-refractivity contribution in [3.8, 4) is 0 Å². The molecule has 0 fully saturated rings. The molecule has 0 saturated carbocycles. The van der Waals surface area contributed by atoms with Gasteiger partial charge in [0.25, 0.3) is 11.8 Å². The van der Waals surface area contributed by atoms with Crippen LogP contribution in [-0.2, 0) is 0 Å². The molecule has 0 radical (unpaired) electrons. The summed E-state index contributed by atoms with van der Waals surface area (Å²) in [5.41, 5.74) is 6.99. The summed E-state index contributed by atoms with van der Waals surface area (Å²) in [5, 5.41) is 0. The van der Waals surface area contributed by atoms with Gasteiger partial charge in [-0.3, -0.25) is 19.5 Å². The molecule has 0 bridgehead atoms. The number of rotatable bonds is 2. The summed E-state index contributed by atoms with van der Waals surface area (Å²) in [4.78, 5) is 29.8. The maximum atomic E-state index is 12.9. The zero-order chi connectivity index (χ0) is 15.1. The van der Waals surface area contributed by atoms with E-state index in [9.17, 15) is 14.0 Å². The van der Waals surface area contributed by atoms with Crippen LogP contribution in [-0.4, -0.2) is 21.7 Å². The van der Waals surface area contributed by atoms with Crippen LogP contribution in [0.5, 0.6) is 0 Å². The van der Waals surface area contributed by atoms with Gasteiger partial charge in [0.2, 0.25) is 0 Å². The van der Waals surface area contributed by atoms with Gasteiger partial charge in [0.15, 0.2) is 0 Å². The fourth-order valence-corrected chi connectivity index (χ4v) is 2.45. The highest BCUT2D eigenvalue weighted by molar-refractivity contribution is 6.23. The number of benzene rings is 1. The van der Waals surface area contributed by atoms with Crippen LogP contribution >= 0.6 is 0 Å². The predicted octanol–water partition coefficient (Wildman–Crippen LogP) is 2.16. The highest BCUT2D eigenvalue weighted by Gasteiger charge is 2.40. The number of nitrogens with zero attached hydrogens (tertiary/aromatic N) is 2. The first kappa shape index (κ1) is 13.2. The Balaban J connectivity index is 2.02. The number of aromatic nitrogens is 1. The molecule has 6 heteroatoms. The molecule has 3 rings (SSSR count). The fraction of sp³-hybridized carbons (Fsp3) is 0.133. The predicted molar refractivity (Wildman–Crippen MR) is 74.0 cm³/mol. The number of amides is 2. The molecular weight excluding hydrogens is 273 g/mol.